The van der Waals surface area contributed by atoms with Crippen LogP contribution in [0, 0.1) is 23.2 Å². The fourth-order valence-electron chi connectivity index (χ4n) is 4.20. The van der Waals surface area contributed by atoms with Crippen molar-refractivity contribution in [3.05, 3.63) is 0 Å². The summed E-state index contributed by atoms with van der Waals surface area (Å²) in [6.07, 6.45) is 11.1. The first-order chi connectivity index (χ1) is 9.10. The zero-order valence-corrected chi connectivity index (χ0v) is 14.0. The van der Waals surface area contributed by atoms with Gasteiger partial charge in [-0.25, -0.2) is 0 Å². The maximum atomic E-state index is 5.62. The molecule has 0 aromatic rings. The number of ether oxygens (including phenoxy) is 1. The lowest BCUT2D eigenvalue weighted by Crippen LogP contribution is -2.35. The highest BCUT2D eigenvalue weighted by atomic mass is 16.5. The first-order valence-electron chi connectivity index (χ1n) is 8.59. The molecule has 3 atom stereocenters. The summed E-state index contributed by atoms with van der Waals surface area (Å²) in [6, 6.07) is 0. The molecule has 0 spiro atoms. The molecule has 0 amide bonds. The quantitative estimate of drug-likeness (QED) is 0.522. The number of rotatable bonds is 9. The molecule has 1 aliphatic carbocycles. The van der Waals surface area contributed by atoms with E-state index in [0.717, 1.165) is 24.4 Å². The minimum absolute atomic E-state index is 0.467. The van der Waals surface area contributed by atoms with Crippen LogP contribution in [0.15, 0.2) is 0 Å². The highest BCUT2D eigenvalue weighted by Gasteiger charge is 2.45. The molecule has 1 heteroatoms. The highest BCUT2D eigenvalue weighted by molar-refractivity contribution is 4.94. The molecule has 0 N–H and O–H groups in total. The third-order valence-corrected chi connectivity index (χ3v) is 5.97. The molecule has 1 aliphatic rings. The van der Waals surface area contributed by atoms with Crippen LogP contribution in [0.3, 0.4) is 0 Å². The van der Waals surface area contributed by atoms with Gasteiger partial charge in [0.05, 0.1) is 6.61 Å². The van der Waals surface area contributed by atoms with Crippen molar-refractivity contribution in [1.82, 2.24) is 0 Å². The van der Waals surface area contributed by atoms with E-state index in [-0.39, 0.29) is 0 Å². The van der Waals surface area contributed by atoms with E-state index < -0.39 is 0 Å². The second kappa shape index (κ2) is 8.29. The largest absolute Gasteiger partial charge is 0.384 e. The summed E-state index contributed by atoms with van der Waals surface area (Å²) in [5, 5.41) is 0. The number of methoxy groups -OCH3 is 1. The average Bonchev–Trinajstić information content (AvgIpc) is 2.68. The summed E-state index contributed by atoms with van der Waals surface area (Å²) in [7, 11) is 1.88. The lowest BCUT2D eigenvalue weighted by Gasteiger charge is -2.38. The van der Waals surface area contributed by atoms with E-state index >= 15 is 0 Å². The predicted molar refractivity (Wildman–Crippen MR) is 84.4 cm³/mol. The van der Waals surface area contributed by atoms with Gasteiger partial charge >= 0.3 is 0 Å². The number of hydrogen-bond donors (Lipinski definition) is 0. The topological polar surface area (TPSA) is 9.23 Å². The summed E-state index contributed by atoms with van der Waals surface area (Å²) in [4.78, 5) is 0. The van der Waals surface area contributed by atoms with Gasteiger partial charge in [0.2, 0.25) is 0 Å². The molecule has 1 nitrogen and oxygen atoms in total. The van der Waals surface area contributed by atoms with E-state index in [2.05, 4.69) is 27.7 Å². The second-order valence-corrected chi connectivity index (χ2v) is 7.00. The molecule has 0 aromatic carbocycles. The van der Waals surface area contributed by atoms with E-state index in [9.17, 15) is 0 Å². The van der Waals surface area contributed by atoms with E-state index in [4.69, 9.17) is 4.74 Å². The third kappa shape index (κ3) is 4.21. The van der Waals surface area contributed by atoms with Crippen molar-refractivity contribution in [3.8, 4) is 0 Å². The highest BCUT2D eigenvalue weighted by Crippen LogP contribution is 2.51. The van der Waals surface area contributed by atoms with E-state index in [1.165, 1.54) is 51.4 Å². The summed E-state index contributed by atoms with van der Waals surface area (Å²) in [5.41, 5.74) is 0.467. The summed E-state index contributed by atoms with van der Waals surface area (Å²) >= 11 is 0. The van der Waals surface area contributed by atoms with Crippen molar-refractivity contribution in [1.29, 1.82) is 0 Å². The molecular formula is C18H36O. The maximum absolute atomic E-state index is 5.62. The minimum atomic E-state index is 0.467. The molecular weight excluding hydrogens is 232 g/mol. The van der Waals surface area contributed by atoms with Gasteiger partial charge in [0.15, 0.2) is 0 Å². The molecule has 0 bridgehead atoms. The van der Waals surface area contributed by atoms with Crippen LogP contribution in [0.5, 0.6) is 0 Å². The van der Waals surface area contributed by atoms with Crippen LogP contribution in [0.25, 0.3) is 0 Å². The van der Waals surface area contributed by atoms with Gasteiger partial charge in [0.25, 0.3) is 0 Å². The van der Waals surface area contributed by atoms with Crippen LogP contribution in [0.1, 0.15) is 79.1 Å². The van der Waals surface area contributed by atoms with Gasteiger partial charge < -0.3 is 4.74 Å². The Morgan fingerprint density at radius 3 is 2.21 bits per heavy atom. The van der Waals surface area contributed by atoms with Crippen LogP contribution in [-0.2, 0) is 4.74 Å². The summed E-state index contributed by atoms with van der Waals surface area (Å²) in [6.45, 7) is 10.6. The van der Waals surface area contributed by atoms with Crippen molar-refractivity contribution in [2.75, 3.05) is 13.7 Å². The zero-order chi connectivity index (χ0) is 14.3. The van der Waals surface area contributed by atoms with Crippen LogP contribution in [0.2, 0.25) is 0 Å². The fourth-order valence-corrected chi connectivity index (χ4v) is 4.20. The SMILES string of the molecule is CCCCC(CC)CCC1(COC)C(C)CCC1C. The predicted octanol–water partition coefficient (Wildman–Crippen LogP) is 5.68. The van der Waals surface area contributed by atoms with Gasteiger partial charge in [0, 0.05) is 7.11 Å². The Hall–Kier alpha value is -0.0400. The van der Waals surface area contributed by atoms with Crippen LogP contribution < -0.4 is 0 Å². The van der Waals surface area contributed by atoms with Gasteiger partial charge in [-0.1, -0.05) is 53.4 Å². The van der Waals surface area contributed by atoms with Crippen LogP contribution in [-0.4, -0.2) is 13.7 Å². The number of unbranched alkanes of at least 4 members (excludes halogenated alkanes) is 1. The molecule has 1 saturated carbocycles. The molecule has 0 radical (unpaired) electrons. The summed E-state index contributed by atoms with van der Waals surface area (Å²) < 4.78 is 5.62. The molecule has 114 valence electrons. The van der Waals surface area contributed by atoms with Crippen molar-refractivity contribution >= 4 is 0 Å². The van der Waals surface area contributed by atoms with E-state index in [0.29, 0.717) is 5.41 Å². The molecule has 1 fully saturated rings. The monoisotopic (exact) mass is 268 g/mol. The van der Waals surface area contributed by atoms with Gasteiger partial charge in [-0.05, 0) is 48.9 Å². The minimum Gasteiger partial charge on any atom is -0.384 e. The molecule has 0 aromatic heterocycles. The lowest BCUT2D eigenvalue weighted by atomic mass is 9.69. The first kappa shape index (κ1) is 17.0. The molecule has 0 aliphatic heterocycles. The molecule has 1 rings (SSSR count). The zero-order valence-electron chi connectivity index (χ0n) is 14.0. The van der Waals surface area contributed by atoms with Gasteiger partial charge in [-0.15, -0.1) is 0 Å². The van der Waals surface area contributed by atoms with E-state index in [1.54, 1.807) is 0 Å². The Morgan fingerprint density at radius 2 is 1.74 bits per heavy atom. The Kier molecular flexibility index (Phi) is 7.42. The van der Waals surface area contributed by atoms with Crippen molar-refractivity contribution in [2.45, 2.75) is 79.1 Å². The third-order valence-electron chi connectivity index (χ3n) is 5.97. The Balaban J connectivity index is 2.58. The van der Waals surface area contributed by atoms with Crippen LogP contribution in [0.4, 0.5) is 0 Å². The van der Waals surface area contributed by atoms with Crippen LogP contribution >= 0.6 is 0 Å². The molecule has 3 unspecified atom stereocenters. The second-order valence-electron chi connectivity index (χ2n) is 7.00. The lowest BCUT2D eigenvalue weighted by molar-refractivity contribution is 0.0125. The first-order valence-corrected chi connectivity index (χ1v) is 8.59. The van der Waals surface area contributed by atoms with Crippen molar-refractivity contribution in [2.24, 2.45) is 23.2 Å². The molecule has 19 heavy (non-hydrogen) atoms. The normalized spacial score (nSPS) is 32.7. The van der Waals surface area contributed by atoms with Gasteiger partial charge in [-0.2, -0.15) is 0 Å². The standard InChI is InChI=1S/C18H36O/c1-6-8-9-17(7-2)12-13-18(14-19-5)15(3)10-11-16(18)4/h15-17H,6-14H2,1-5H3. The van der Waals surface area contributed by atoms with Crippen molar-refractivity contribution < 1.29 is 4.74 Å². The van der Waals surface area contributed by atoms with E-state index in [1.807, 2.05) is 7.11 Å². The molecule has 0 saturated heterocycles. The Labute approximate surface area is 121 Å². The summed E-state index contributed by atoms with van der Waals surface area (Å²) in [5.74, 6) is 2.62. The Bertz CT molecular complexity index is 226. The fraction of sp³-hybridized carbons (Fsp3) is 1.00. The average molecular weight is 268 g/mol. The molecule has 0 heterocycles. The Morgan fingerprint density at radius 1 is 1.11 bits per heavy atom. The van der Waals surface area contributed by atoms with Gasteiger partial charge in [0.1, 0.15) is 0 Å². The smallest absolute Gasteiger partial charge is 0.0523 e. The van der Waals surface area contributed by atoms with Crippen molar-refractivity contribution in [3.63, 3.8) is 0 Å². The number of hydrogen-bond acceptors (Lipinski definition) is 1. The van der Waals surface area contributed by atoms with Gasteiger partial charge in [-0.3, -0.25) is 0 Å². The maximum Gasteiger partial charge on any atom is 0.0523 e.